The molecule has 0 aliphatic rings. The zero-order valence-corrected chi connectivity index (χ0v) is 9.54. The molecular formula is C10H20N2O3. The molecule has 0 aliphatic carbocycles. The first kappa shape index (κ1) is 13.7. The minimum atomic E-state index is -1.00. The van der Waals surface area contributed by atoms with Crippen molar-refractivity contribution in [3.63, 3.8) is 0 Å². The lowest BCUT2D eigenvalue weighted by molar-refractivity contribution is -0.139. The van der Waals surface area contributed by atoms with Crippen molar-refractivity contribution in [2.24, 2.45) is 0 Å². The van der Waals surface area contributed by atoms with E-state index in [0.717, 1.165) is 12.8 Å². The lowest BCUT2D eigenvalue weighted by atomic mass is 10.2. The zero-order valence-electron chi connectivity index (χ0n) is 9.54. The van der Waals surface area contributed by atoms with E-state index < -0.39 is 18.0 Å². The molecule has 0 aliphatic heterocycles. The number of amides is 2. The van der Waals surface area contributed by atoms with E-state index in [4.69, 9.17) is 5.11 Å². The summed E-state index contributed by atoms with van der Waals surface area (Å²) in [6.45, 7) is 5.67. The molecule has 3 N–H and O–H groups in total. The maximum absolute atomic E-state index is 11.4. The van der Waals surface area contributed by atoms with Gasteiger partial charge in [0, 0.05) is 6.04 Å². The molecule has 5 heteroatoms. The Kier molecular flexibility index (Phi) is 6.49. The maximum Gasteiger partial charge on any atom is 0.326 e. The molecule has 1 atom stereocenters. The highest BCUT2D eigenvalue weighted by Gasteiger charge is 2.18. The van der Waals surface area contributed by atoms with Gasteiger partial charge in [-0.1, -0.05) is 20.8 Å². The van der Waals surface area contributed by atoms with Gasteiger partial charge in [-0.2, -0.15) is 0 Å². The third-order valence-corrected chi connectivity index (χ3v) is 2.33. The van der Waals surface area contributed by atoms with Crippen LogP contribution in [0.2, 0.25) is 0 Å². The molecule has 0 aromatic rings. The Bertz CT molecular complexity index is 215. The SMILES string of the molecule is CCC(CC)NC(=O)NC(CC)C(=O)O. The number of aliphatic carboxylic acids is 1. The van der Waals surface area contributed by atoms with Crippen LogP contribution in [-0.2, 0) is 4.79 Å². The molecule has 0 bridgehead atoms. The molecule has 0 fully saturated rings. The second-order valence-electron chi connectivity index (χ2n) is 3.43. The Morgan fingerprint density at radius 2 is 1.60 bits per heavy atom. The number of hydrogen-bond acceptors (Lipinski definition) is 2. The summed E-state index contributed by atoms with van der Waals surface area (Å²) in [6, 6.07) is -1.10. The minimum Gasteiger partial charge on any atom is -0.480 e. The van der Waals surface area contributed by atoms with Crippen molar-refractivity contribution in [2.45, 2.75) is 52.1 Å². The molecule has 1 unspecified atom stereocenters. The Labute approximate surface area is 90.2 Å². The van der Waals surface area contributed by atoms with Gasteiger partial charge in [-0.05, 0) is 19.3 Å². The fourth-order valence-electron chi connectivity index (χ4n) is 1.22. The second-order valence-corrected chi connectivity index (χ2v) is 3.43. The van der Waals surface area contributed by atoms with Gasteiger partial charge in [0.2, 0.25) is 0 Å². The third kappa shape index (κ3) is 5.24. The van der Waals surface area contributed by atoms with E-state index in [2.05, 4.69) is 10.6 Å². The summed E-state index contributed by atoms with van der Waals surface area (Å²) in [5.41, 5.74) is 0. The average molecular weight is 216 g/mol. The van der Waals surface area contributed by atoms with Crippen LogP contribution in [0.4, 0.5) is 4.79 Å². The summed E-state index contributed by atoms with van der Waals surface area (Å²) >= 11 is 0. The Morgan fingerprint density at radius 1 is 1.07 bits per heavy atom. The molecule has 2 amide bonds. The van der Waals surface area contributed by atoms with Crippen molar-refractivity contribution in [1.82, 2.24) is 10.6 Å². The van der Waals surface area contributed by atoms with E-state index in [9.17, 15) is 9.59 Å². The van der Waals surface area contributed by atoms with E-state index in [1.807, 2.05) is 13.8 Å². The van der Waals surface area contributed by atoms with Gasteiger partial charge in [0.05, 0.1) is 0 Å². The lowest BCUT2D eigenvalue weighted by Crippen LogP contribution is -2.48. The Hall–Kier alpha value is -1.26. The first-order valence-electron chi connectivity index (χ1n) is 5.34. The monoisotopic (exact) mass is 216 g/mol. The normalized spacial score (nSPS) is 12.3. The van der Waals surface area contributed by atoms with Gasteiger partial charge in [-0.25, -0.2) is 9.59 Å². The molecule has 0 saturated heterocycles. The molecule has 0 spiro atoms. The number of carbonyl (C=O) groups is 2. The molecule has 88 valence electrons. The molecule has 0 saturated carbocycles. The molecule has 5 nitrogen and oxygen atoms in total. The highest BCUT2D eigenvalue weighted by Crippen LogP contribution is 1.96. The maximum atomic E-state index is 11.4. The van der Waals surface area contributed by atoms with E-state index >= 15 is 0 Å². The van der Waals surface area contributed by atoms with Gasteiger partial charge in [-0.15, -0.1) is 0 Å². The number of hydrogen-bond donors (Lipinski definition) is 3. The number of rotatable bonds is 6. The molecule has 0 aromatic heterocycles. The van der Waals surface area contributed by atoms with Crippen molar-refractivity contribution in [3.8, 4) is 0 Å². The average Bonchev–Trinajstić information content (AvgIpc) is 2.22. The number of carboxylic acid groups (broad SMARTS) is 1. The summed E-state index contributed by atoms with van der Waals surface area (Å²) < 4.78 is 0. The summed E-state index contributed by atoms with van der Waals surface area (Å²) in [4.78, 5) is 22.0. The third-order valence-electron chi connectivity index (χ3n) is 2.33. The minimum absolute atomic E-state index is 0.108. The summed E-state index contributed by atoms with van der Waals surface area (Å²) in [5, 5.41) is 13.9. The first-order chi connectivity index (χ1) is 7.04. The van der Waals surface area contributed by atoms with Crippen molar-refractivity contribution in [3.05, 3.63) is 0 Å². The van der Waals surface area contributed by atoms with Gasteiger partial charge in [0.1, 0.15) is 6.04 Å². The van der Waals surface area contributed by atoms with Crippen LogP contribution < -0.4 is 10.6 Å². The van der Waals surface area contributed by atoms with Gasteiger partial charge >= 0.3 is 12.0 Å². The zero-order chi connectivity index (χ0) is 11.8. The quantitative estimate of drug-likeness (QED) is 0.627. The van der Waals surface area contributed by atoms with Crippen molar-refractivity contribution >= 4 is 12.0 Å². The number of urea groups is 1. The van der Waals surface area contributed by atoms with Crippen molar-refractivity contribution < 1.29 is 14.7 Å². The molecule has 0 rings (SSSR count). The number of nitrogens with one attached hydrogen (secondary N) is 2. The number of carboxylic acids is 1. The van der Waals surface area contributed by atoms with Crippen LogP contribution in [-0.4, -0.2) is 29.2 Å². The van der Waals surface area contributed by atoms with Gasteiger partial charge in [0.25, 0.3) is 0 Å². The standard InChI is InChI=1S/C10H20N2O3/c1-4-7(5-2)11-10(15)12-8(6-3)9(13)14/h7-8H,4-6H2,1-3H3,(H,13,14)(H2,11,12,15). The fraction of sp³-hybridized carbons (Fsp3) is 0.800. The topological polar surface area (TPSA) is 78.4 Å². The summed E-state index contributed by atoms with van der Waals surface area (Å²) in [6.07, 6.45) is 2.06. The molecule has 0 radical (unpaired) electrons. The first-order valence-corrected chi connectivity index (χ1v) is 5.34. The predicted molar refractivity (Wildman–Crippen MR) is 57.8 cm³/mol. The Morgan fingerprint density at radius 3 is 1.93 bits per heavy atom. The molecule has 0 aromatic carbocycles. The highest BCUT2D eigenvalue weighted by atomic mass is 16.4. The van der Waals surface area contributed by atoms with Crippen molar-refractivity contribution in [2.75, 3.05) is 0 Å². The lowest BCUT2D eigenvalue weighted by Gasteiger charge is -2.18. The molecule has 15 heavy (non-hydrogen) atoms. The van der Waals surface area contributed by atoms with Crippen LogP contribution in [0.1, 0.15) is 40.0 Å². The van der Waals surface area contributed by atoms with Crippen LogP contribution in [0.25, 0.3) is 0 Å². The largest absolute Gasteiger partial charge is 0.480 e. The second kappa shape index (κ2) is 7.09. The smallest absolute Gasteiger partial charge is 0.326 e. The van der Waals surface area contributed by atoms with Crippen LogP contribution in [0.5, 0.6) is 0 Å². The Balaban J connectivity index is 4.06. The van der Waals surface area contributed by atoms with Crippen LogP contribution in [0.15, 0.2) is 0 Å². The summed E-state index contributed by atoms with van der Waals surface area (Å²) in [7, 11) is 0. The number of carbonyl (C=O) groups excluding carboxylic acids is 1. The van der Waals surface area contributed by atoms with E-state index in [1.54, 1.807) is 6.92 Å². The van der Waals surface area contributed by atoms with Gasteiger partial charge < -0.3 is 15.7 Å². The van der Waals surface area contributed by atoms with E-state index in [0.29, 0.717) is 6.42 Å². The van der Waals surface area contributed by atoms with E-state index in [-0.39, 0.29) is 6.04 Å². The van der Waals surface area contributed by atoms with E-state index in [1.165, 1.54) is 0 Å². The van der Waals surface area contributed by atoms with Gasteiger partial charge in [0.15, 0.2) is 0 Å². The fourth-order valence-corrected chi connectivity index (χ4v) is 1.22. The van der Waals surface area contributed by atoms with Crippen molar-refractivity contribution in [1.29, 1.82) is 0 Å². The highest BCUT2D eigenvalue weighted by molar-refractivity contribution is 5.82. The molecular weight excluding hydrogens is 196 g/mol. The van der Waals surface area contributed by atoms with Crippen LogP contribution >= 0.6 is 0 Å². The molecule has 0 heterocycles. The predicted octanol–water partition coefficient (Wildman–Crippen LogP) is 1.34. The van der Waals surface area contributed by atoms with Crippen LogP contribution in [0, 0.1) is 0 Å². The van der Waals surface area contributed by atoms with Gasteiger partial charge in [-0.3, -0.25) is 0 Å². The summed E-state index contributed by atoms with van der Waals surface area (Å²) in [5.74, 6) is -1.00. The van der Waals surface area contributed by atoms with Crippen LogP contribution in [0.3, 0.4) is 0 Å².